The molecule has 3 heterocycles. The molecule has 0 saturated heterocycles. The first-order valence-corrected chi connectivity index (χ1v) is 7.06. The maximum atomic E-state index is 6.30. The van der Waals surface area contributed by atoms with Crippen LogP contribution in [0.15, 0.2) is 6.07 Å². The lowest BCUT2D eigenvalue weighted by Crippen LogP contribution is -2.26. The Morgan fingerprint density at radius 1 is 1.33 bits per heavy atom. The lowest BCUT2D eigenvalue weighted by atomic mass is 10.0. The van der Waals surface area contributed by atoms with E-state index in [0.717, 1.165) is 27.6 Å². The number of pyridine rings is 1. The molecule has 0 aromatic carbocycles. The van der Waals surface area contributed by atoms with Crippen LogP contribution in [-0.4, -0.2) is 17.0 Å². The summed E-state index contributed by atoms with van der Waals surface area (Å²) in [5.41, 5.74) is 4.10. The van der Waals surface area contributed by atoms with E-state index in [9.17, 15) is 0 Å². The van der Waals surface area contributed by atoms with E-state index in [4.69, 9.17) is 11.6 Å². The van der Waals surface area contributed by atoms with Gasteiger partial charge < -0.3 is 4.90 Å². The van der Waals surface area contributed by atoms with Crippen LogP contribution in [0.4, 0.5) is 5.69 Å². The molecule has 0 fully saturated rings. The van der Waals surface area contributed by atoms with Crippen molar-refractivity contribution in [1.82, 2.24) is 9.97 Å². The van der Waals surface area contributed by atoms with Crippen molar-refractivity contribution in [3.05, 3.63) is 26.8 Å². The normalized spacial score (nSPS) is 17.6. The molecule has 0 amide bonds. The molecule has 0 radical (unpaired) electrons. The number of hydrogen-bond donors (Lipinski definition) is 0. The van der Waals surface area contributed by atoms with E-state index in [-0.39, 0.29) is 0 Å². The Labute approximate surface area is 115 Å². The van der Waals surface area contributed by atoms with Crippen molar-refractivity contribution >= 4 is 28.6 Å². The SMILES string of the molecule is Cc1cc2c(c(Cl)n1)N(C)C(C)c1sc(C)nc1-2. The third-order valence-corrected chi connectivity index (χ3v) is 4.81. The highest BCUT2D eigenvalue weighted by molar-refractivity contribution is 7.12. The van der Waals surface area contributed by atoms with Crippen LogP contribution in [0, 0.1) is 13.8 Å². The first-order chi connectivity index (χ1) is 8.49. The van der Waals surface area contributed by atoms with Crippen molar-refractivity contribution in [2.24, 2.45) is 0 Å². The van der Waals surface area contributed by atoms with Crippen LogP contribution in [-0.2, 0) is 0 Å². The summed E-state index contributed by atoms with van der Waals surface area (Å²) in [5, 5.41) is 1.66. The van der Waals surface area contributed by atoms with E-state index in [2.05, 4.69) is 34.9 Å². The van der Waals surface area contributed by atoms with Gasteiger partial charge in [-0.05, 0) is 26.8 Å². The Morgan fingerprint density at radius 3 is 2.78 bits per heavy atom. The van der Waals surface area contributed by atoms with E-state index in [1.807, 2.05) is 13.8 Å². The van der Waals surface area contributed by atoms with E-state index in [0.29, 0.717) is 11.2 Å². The van der Waals surface area contributed by atoms with Crippen molar-refractivity contribution in [2.75, 3.05) is 11.9 Å². The fourth-order valence-electron chi connectivity index (χ4n) is 2.43. The van der Waals surface area contributed by atoms with Crippen LogP contribution in [0.2, 0.25) is 5.15 Å². The Kier molecular flexibility index (Phi) is 2.61. The average molecular weight is 280 g/mol. The van der Waals surface area contributed by atoms with E-state index < -0.39 is 0 Å². The smallest absolute Gasteiger partial charge is 0.153 e. The number of fused-ring (bicyclic) bond motifs is 3. The third-order valence-electron chi connectivity index (χ3n) is 3.41. The lowest BCUT2D eigenvalue weighted by molar-refractivity contribution is 0.741. The maximum absolute atomic E-state index is 6.30. The van der Waals surface area contributed by atoms with Gasteiger partial charge in [-0.25, -0.2) is 9.97 Å². The Balaban J connectivity index is 2.36. The van der Waals surface area contributed by atoms with Gasteiger partial charge in [-0.15, -0.1) is 11.3 Å². The molecule has 94 valence electrons. The van der Waals surface area contributed by atoms with Gasteiger partial charge in [-0.3, -0.25) is 0 Å². The average Bonchev–Trinajstić information content (AvgIpc) is 2.67. The van der Waals surface area contributed by atoms with Crippen molar-refractivity contribution in [2.45, 2.75) is 26.8 Å². The van der Waals surface area contributed by atoms with Crippen molar-refractivity contribution in [1.29, 1.82) is 0 Å². The molecule has 2 aromatic heterocycles. The maximum Gasteiger partial charge on any atom is 0.153 e. The first kappa shape index (κ1) is 11.9. The predicted octanol–water partition coefficient (Wildman–Crippen LogP) is 3.99. The van der Waals surface area contributed by atoms with Crippen LogP contribution in [0.25, 0.3) is 11.3 Å². The van der Waals surface area contributed by atoms with Crippen LogP contribution in [0.3, 0.4) is 0 Å². The molecule has 0 saturated carbocycles. The molecule has 0 spiro atoms. The van der Waals surface area contributed by atoms with Crippen molar-refractivity contribution < 1.29 is 0 Å². The minimum atomic E-state index is 0.292. The lowest BCUT2D eigenvalue weighted by Gasteiger charge is -2.33. The molecular formula is C13H14ClN3S. The van der Waals surface area contributed by atoms with Crippen LogP contribution >= 0.6 is 22.9 Å². The minimum absolute atomic E-state index is 0.292. The molecule has 0 N–H and O–H groups in total. The van der Waals surface area contributed by atoms with E-state index >= 15 is 0 Å². The summed E-state index contributed by atoms with van der Waals surface area (Å²) in [7, 11) is 2.06. The standard InChI is InChI=1S/C13H14ClN3S/c1-6-5-9-10-12(18-8(3)16-10)7(2)17(4)11(9)13(14)15-6/h5,7H,1-4H3. The van der Waals surface area contributed by atoms with Crippen LogP contribution in [0.5, 0.6) is 0 Å². The van der Waals surface area contributed by atoms with Gasteiger partial charge in [0.05, 0.1) is 27.3 Å². The number of nitrogens with zero attached hydrogens (tertiary/aromatic N) is 3. The summed E-state index contributed by atoms with van der Waals surface area (Å²) in [6.07, 6.45) is 0. The number of aromatic nitrogens is 2. The Hall–Kier alpha value is -1.13. The fourth-order valence-corrected chi connectivity index (χ4v) is 3.84. The number of hydrogen-bond acceptors (Lipinski definition) is 4. The van der Waals surface area contributed by atoms with E-state index in [1.54, 1.807) is 11.3 Å². The quantitative estimate of drug-likeness (QED) is 0.683. The number of rotatable bonds is 0. The topological polar surface area (TPSA) is 29.0 Å². The summed E-state index contributed by atoms with van der Waals surface area (Å²) in [6, 6.07) is 2.36. The van der Waals surface area contributed by atoms with E-state index in [1.165, 1.54) is 4.88 Å². The van der Waals surface area contributed by atoms with Gasteiger partial charge in [-0.1, -0.05) is 11.6 Å². The van der Waals surface area contributed by atoms with Crippen LogP contribution < -0.4 is 4.90 Å². The molecule has 1 atom stereocenters. The second-order valence-corrected chi connectivity index (χ2v) is 6.28. The van der Waals surface area contributed by atoms with Gasteiger partial charge in [0.15, 0.2) is 5.15 Å². The van der Waals surface area contributed by atoms with Gasteiger partial charge in [-0.2, -0.15) is 0 Å². The Morgan fingerprint density at radius 2 is 2.06 bits per heavy atom. The van der Waals surface area contributed by atoms with Gasteiger partial charge in [0, 0.05) is 18.3 Å². The zero-order chi connectivity index (χ0) is 13.0. The molecule has 5 heteroatoms. The van der Waals surface area contributed by atoms with Gasteiger partial charge in [0.1, 0.15) is 0 Å². The third kappa shape index (κ3) is 1.56. The van der Waals surface area contributed by atoms with Gasteiger partial charge >= 0.3 is 0 Å². The molecule has 1 aliphatic rings. The van der Waals surface area contributed by atoms with Crippen molar-refractivity contribution in [3.8, 4) is 11.3 Å². The molecule has 2 aromatic rings. The summed E-state index contributed by atoms with van der Waals surface area (Å²) < 4.78 is 0. The summed E-state index contributed by atoms with van der Waals surface area (Å²) in [4.78, 5) is 12.5. The number of halogens is 1. The molecule has 3 nitrogen and oxygen atoms in total. The highest BCUT2D eigenvalue weighted by atomic mass is 35.5. The molecule has 3 rings (SSSR count). The van der Waals surface area contributed by atoms with Gasteiger partial charge in [0.2, 0.25) is 0 Å². The number of aryl methyl sites for hydroxylation is 2. The zero-order valence-corrected chi connectivity index (χ0v) is 12.4. The fraction of sp³-hybridized carbons (Fsp3) is 0.385. The highest BCUT2D eigenvalue weighted by Gasteiger charge is 2.31. The van der Waals surface area contributed by atoms with Crippen LogP contribution in [0.1, 0.15) is 28.5 Å². The monoisotopic (exact) mass is 279 g/mol. The minimum Gasteiger partial charge on any atom is -0.364 e. The highest BCUT2D eigenvalue weighted by Crippen LogP contribution is 2.48. The second-order valence-electron chi connectivity index (χ2n) is 4.68. The largest absolute Gasteiger partial charge is 0.364 e. The van der Waals surface area contributed by atoms with Crippen molar-refractivity contribution in [3.63, 3.8) is 0 Å². The number of thiazole rings is 1. The Bertz CT molecular complexity index is 635. The molecule has 1 aliphatic heterocycles. The number of anilines is 1. The summed E-state index contributed by atoms with van der Waals surface area (Å²) in [6.45, 7) is 6.18. The molecular weight excluding hydrogens is 266 g/mol. The zero-order valence-electron chi connectivity index (χ0n) is 10.8. The molecule has 18 heavy (non-hydrogen) atoms. The predicted molar refractivity (Wildman–Crippen MR) is 76.6 cm³/mol. The molecule has 0 bridgehead atoms. The molecule has 1 unspecified atom stereocenters. The molecule has 0 aliphatic carbocycles. The second kappa shape index (κ2) is 3.93. The summed E-state index contributed by atoms with van der Waals surface area (Å²) >= 11 is 8.06. The first-order valence-electron chi connectivity index (χ1n) is 5.86. The van der Waals surface area contributed by atoms with Gasteiger partial charge in [0.25, 0.3) is 0 Å². The summed E-state index contributed by atoms with van der Waals surface area (Å²) in [5.74, 6) is 0.